The number of ether oxygens (including phenoxy) is 2. The predicted octanol–water partition coefficient (Wildman–Crippen LogP) is 4.24. The molecule has 4 heterocycles. The molecular weight excluding hydrogens is 464 g/mol. The Kier molecular flexibility index (Phi) is 6.18. The van der Waals surface area contributed by atoms with E-state index in [1.54, 1.807) is 24.8 Å². The topological polar surface area (TPSA) is 122 Å². The highest BCUT2D eigenvalue weighted by molar-refractivity contribution is 6.03. The summed E-state index contributed by atoms with van der Waals surface area (Å²) in [6.45, 7) is 0.999. The molecule has 8 nitrogen and oxygen atoms in total. The molecule has 0 fully saturated rings. The van der Waals surface area contributed by atoms with Crippen LogP contribution in [0.2, 0.25) is 0 Å². The fraction of sp³-hybridized carbons (Fsp3) is 0.172. The van der Waals surface area contributed by atoms with E-state index in [0.29, 0.717) is 31.3 Å². The van der Waals surface area contributed by atoms with Crippen LogP contribution in [-0.2, 0) is 0 Å². The second-order valence-electron chi connectivity index (χ2n) is 9.05. The Morgan fingerprint density at radius 1 is 0.622 bits per heavy atom. The maximum absolute atomic E-state index is 6.32. The molecule has 4 aromatic heterocycles. The highest BCUT2D eigenvalue weighted by Gasteiger charge is 2.19. The fourth-order valence-electron chi connectivity index (χ4n) is 4.48. The van der Waals surface area contributed by atoms with E-state index < -0.39 is 0 Å². The maximum atomic E-state index is 6.32. The van der Waals surface area contributed by atoms with Gasteiger partial charge < -0.3 is 20.9 Å². The van der Waals surface area contributed by atoms with Gasteiger partial charge in [0.1, 0.15) is 11.5 Å². The molecule has 8 heteroatoms. The number of hydrogen-bond donors (Lipinski definition) is 2. The highest BCUT2D eigenvalue weighted by Crippen LogP contribution is 2.27. The van der Waals surface area contributed by atoms with Crippen molar-refractivity contribution in [1.82, 2.24) is 19.9 Å². The molecule has 0 radical (unpaired) electrons. The van der Waals surface area contributed by atoms with Crippen molar-refractivity contribution in [3.63, 3.8) is 0 Å². The molecule has 6 aromatic rings. The van der Waals surface area contributed by atoms with Crippen molar-refractivity contribution >= 4 is 43.6 Å². The molecular formula is C29H26N6O2. The Hall–Kier alpha value is -4.40. The normalized spacial score (nSPS) is 12.5. The highest BCUT2D eigenvalue weighted by atomic mass is 16.5. The molecule has 0 spiro atoms. The van der Waals surface area contributed by atoms with Crippen molar-refractivity contribution in [3.8, 4) is 11.5 Å². The number of nitrogens with two attached hydrogens (primary N) is 2. The third kappa shape index (κ3) is 4.60. The summed E-state index contributed by atoms with van der Waals surface area (Å²) in [4.78, 5) is 18.2. The Labute approximate surface area is 213 Å². The third-order valence-corrected chi connectivity index (χ3v) is 6.60. The smallest absolute Gasteiger partial charge is 0.138 e. The van der Waals surface area contributed by atoms with Gasteiger partial charge in [0.15, 0.2) is 0 Å². The molecule has 0 bridgehead atoms. The lowest BCUT2D eigenvalue weighted by molar-refractivity contribution is 0.157. The molecule has 1 atom stereocenters. The SMILES string of the molecule is NCC(N)C(COc1cnc2c(ccc3cccnc32)c1)COc1cnc2c(ccc3cccnc32)c1. The van der Waals surface area contributed by atoms with Crippen molar-refractivity contribution in [2.24, 2.45) is 17.4 Å². The van der Waals surface area contributed by atoms with Crippen LogP contribution in [0.15, 0.2) is 85.5 Å². The van der Waals surface area contributed by atoms with E-state index in [-0.39, 0.29) is 12.0 Å². The van der Waals surface area contributed by atoms with Gasteiger partial charge in [-0.2, -0.15) is 0 Å². The van der Waals surface area contributed by atoms with Gasteiger partial charge in [-0.15, -0.1) is 0 Å². The lowest BCUT2D eigenvalue weighted by Crippen LogP contribution is -2.43. The van der Waals surface area contributed by atoms with E-state index in [4.69, 9.17) is 20.9 Å². The Balaban J connectivity index is 1.17. The van der Waals surface area contributed by atoms with Gasteiger partial charge in [0.05, 0.1) is 47.7 Å². The molecule has 2 aromatic carbocycles. The van der Waals surface area contributed by atoms with Crippen LogP contribution in [0.1, 0.15) is 0 Å². The van der Waals surface area contributed by atoms with Gasteiger partial charge in [0.25, 0.3) is 0 Å². The fourth-order valence-corrected chi connectivity index (χ4v) is 4.48. The van der Waals surface area contributed by atoms with Gasteiger partial charge in [-0.3, -0.25) is 19.9 Å². The monoisotopic (exact) mass is 490 g/mol. The number of aromatic nitrogens is 4. The van der Waals surface area contributed by atoms with Crippen molar-refractivity contribution in [3.05, 3.63) is 85.5 Å². The molecule has 0 saturated carbocycles. The first kappa shape index (κ1) is 23.0. The average Bonchev–Trinajstić information content (AvgIpc) is 2.96. The van der Waals surface area contributed by atoms with Gasteiger partial charge in [-0.1, -0.05) is 36.4 Å². The Morgan fingerprint density at radius 3 is 1.57 bits per heavy atom. The largest absolute Gasteiger partial charge is 0.491 e. The maximum Gasteiger partial charge on any atom is 0.138 e. The summed E-state index contributed by atoms with van der Waals surface area (Å²) in [5.74, 6) is 1.18. The lowest BCUT2D eigenvalue weighted by atomic mass is 10.0. The molecule has 0 saturated heterocycles. The number of benzene rings is 2. The first-order valence-corrected chi connectivity index (χ1v) is 12.2. The van der Waals surface area contributed by atoms with Crippen molar-refractivity contribution in [2.75, 3.05) is 19.8 Å². The zero-order valence-electron chi connectivity index (χ0n) is 20.1. The molecule has 184 valence electrons. The lowest BCUT2D eigenvalue weighted by Gasteiger charge is -2.23. The summed E-state index contributed by atoms with van der Waals surface area (Å²) in [6, 6.07) is 19.6. The van der Waals surface area contributed by atoms with E-state index >= 15 is 0 Å². The quantitative estimate of drug-likeness (QED) is 0.304. The van der Waals surface area contributed by atoms with Crippen molar-refractivity contribution in [2.45, 2.75) is 6.04 Å². The van der Waals surface area contributed by atoms with Crippen LogP contribution < -0.4 is 20.9 Å². The van der Waals surface area contributed by atoms with E-state index in [9.17, 15) is 0 Å². The molecule has 1 unspecified atom stereocenters. The molecule has 0 amide bonds. The van der Waals surface area contributed by atoms with Crippen LogP contribution in [0, 0.1) is 5.92 Å². The summed E-state index contributed by atoms with van der Waals surface area (Å²) < 4.78 is 12.2. The summed E-state index contributed by atoms with van der Waals surface area (Å²) in [5, 5.41) is 4.03. The first-order chi connectivity index (χ1) is 18.2. The van der Waals surface area contributed by atoms with Crippen LogP contribution in [-0.4, -0.2) is 45.7 Å². The Morgan fingerprint density at radius 2 is 1.08 bits per heavy atom. The van der Waals surface area contributed by atoms with E-state index in [2.05, 4.69) is 19.9 Å². The van der Waals surface area contributed by atoms with E-state index in [0.717, 1.165) is 43.6 Å². The Bertz CT molecular complexity index is 1600. The van der Waals surface area contributed by atoms with E-state index in [1.807, 2.05) is 60.7 Å². The summed E-state index contributed by atoms with van der Waals surface area (Å²) in [7, 11) is 0. The van der Waals surface area contributed by atoms with Crippen LogP contribution in [0.5, 0.6) is 11.5 Å². The van der Waals surface area contributed by atoms with Crippen LogP contribution in [0.4, 0.5) is 0 Å². The minimum atomic E-state index is -0.289. The predicted molar refractivity (Wildman–Crippen MR) is 146 cm³/mol. The molecule has 0 aliphatic heterocycles. The molecule has 0 aliphatic carbocycles. The third-order valence-electron chi connectivity index (χ3n) is 6.60. The summed E-state index contributed by atoms with van der Waals surface area (Å²) in [5.41, 5.74) is 15.6. The second-order valence-corrected chi connectivity index (χ2v) is 9.05. The van der Waals surface area contributed by atoms with Gasteiger partial charge in [-0.25, -0.2) is 0 Å². The van der Waals surface area contributed by atoms with Crippen LogP contribution in [0.25, 0.3) is 43.6 Å². The van der Waals surface area contributed by atoms with Crippen molar-refractivity contribution < 1.29 is 9.47 Å². The van der Waals surface area contributed by atoms with Gasteiger partial charge in [0, 0.05) is 52.4 Å². The zero-order chi connectivity index (χ0) is 25.2. The summed E-state index contributed by atoms with van der Waals surface area (Å²) in [6.07, 6.45) is 6.98. The number of fused-ring (bicyclic) bond motifs is 6. The average molecular weight is 491 g/mol. The number of nitrogens with zero attached hydrogens (tertiary/aromatic N) is 4. The first-order valence-electron chi connectivity index (χ1n) is 12.2. The number of hydrogen-bond acceptors (Lipinski definition) is 8. The number of pyridine rings is 4. The molecule has 6 rings (SSSR count). The molecule has 0 aliphatic rings. The second kappa shape index (κ2) is 9.93. The van der Waals surface area contributed by atoms with E-state index in [1.165, 1.54) is 0 Å². The summed E-state index contributed by atoms with van der Waals surface area (Å²) >= 11 is 0. The number of rotatable bonds is 8. The zero-order valence-corrected chi connectivity index (χ0v) is 20.1. The molecule has 37 heavy (non-hydrogen) atoms. The van der Waals surface area contributed by atoms with Crippen LogP contribution >= 0.6 is 0 Å². The van der Waals surface area contributed by atoms with Crippen molar-refractivity contribution in [1.29, 1.82) is 0 Å². The van der Waals surface area contributed by atoms with Gasteiger partial charge in [0.2, 0.25) is 0 Å². The van der Waals surface area contributed by atoms with Gasteiger partial charge in [-0.05, 0) is 24.3 Å². The minimum Gasteiger partial charge on any atom is -0.491 e. The molecule has 4 N–H and O–H groups in total. The van der Waals surface area contributed by atoms with Crippen LogP contribution in [0.3, 0.4) is 0 Å². The minimum absolute atomic E-state index is 0.132. The van der Waals surface area contributed by atoms with Gasteiger partial charge >= 0.3 is 0 Å². The standard InChI is InChI=1S/C29H26N6O2/c30-13-25(31)22(16-36-23-11-20-7-5-18-3-1-9-32-26(18)28(20)34-14-23)17-37-24-12-21-8-6-19-4-2-10-33-27(19)29(21)35-15-24/h1-12,14-15,22,25H,13,16-17,30-31H2.